The molecule has 0 amide bonds. The van der Waals surface area contributed by atoms with E-state index >= 15 is 0 Å². The quantitative estimate of drug-likeness (QED) is 0.800. The van der Waals surface area contributed by atoms with E-state index in [1.165, 1.54) is 29.0 Å². The summed E-state index contributed by atoms with van der Waals surface area (Å²) >= 11 is 0. The van der Waals surface area contributed by atoms with Crippen molar-refractivity contribution < 1.29 is 5.11 Å². The molecule has 0 aromatic heterocycles. The Labute approximate surface area is 138 Å². The molecule has 0 bridgehead atoms. The predicted octanol–water partition coefficient (Wildman–Crippen LogP) is 3.89. The second-order valence-corrected chi connectivity index (χ2v) is 7.29. The van der Waals surface area contributed by atoms with Gasteiger partial charge in [0.15, 0.2) is 0 Å². The summed E-state index contributed by atoms with van der Waals surface area (Å²) in [5.41, 5.74) is 6.28. The molecule has 2 aliphatic heterocycles. The van der Waals surface area contributed by atoms with Crippen molar-refractivity contribution >= 4 is 17.1 Å². The zero-order valence-electron chi connectivity index (χ0n) is 14.2. The van der Waals surface area contributed by atoms with Crippen molar-refractivity contribution in [2.75, 3.05) is 24.0 Å². The van der Waals surface area contributed by atoms with Gasteiger partial charge in [-0.2, -0.15) is 0 Å². The van der Waals surface area contributed by atoms with E-state index in [9.17, 15) is 0 Å². The third-order valence-electron chi connectivity index (χ3n) is 6.32. The van der Waals surface area contributed by atoms with Crippen molar-refractivity contribution in [2.45, 2.75) is 31.8 Å². The Kier molecular flexibility index (Phi) is 2.86. The molecule has 2 unspecified atom stereocenters. The largest absolute Gasteiger partial charge is 0.400 e. The van der Waals surface area contributed by atoms with Crippen LogP contribution in [0.3, 0.4) is 0 Å². The molecule has 3 atom stereocenters. The first-order valence-corrected chi connectivity index (χ1v) is 8.23. The van der Waals surface area contributed by atoms with E-state index in [-0.39, 0.29) is 0 Å². The van der Waals surface area contributed by atoms with E-state index < -0.39 is 0 Å². The van der Waals surface area contributed by atoms with Crippen LogP contribution in [0, 0.1) is 5.41 Å². The number of benzene rings is 2. The second-order valence-electron chi connectivity index (χ2n) is 7.29. The molecular weight excluding hydrogens is 284 g/mol. The normalized spacial score (nSPS) is 32.1. The third-order valence-corrected chi connectivity index (χ3v) is 6.32. The van der Waals surface area contributed by atoms with Gasteiger partial charge in [0.2, 0.25) is 0 Å². The van der Waals surface area contributed by atoms with Gasteiger partial charge in [0, 0.05) is 30.7 Å². The third kappa shape index (κ3) is 1.53. The van der Waals surface area contributed by atoms with E-state index in [2.05, 4.69) is 79.2 Å². The zero-order valence-corrected chi connectivity index (χ0v) is 14.2. The molecule has 2 aromatic rings. The van der Waals surface area contributed by atoms with E-state index in [1.54, 1.807) is 0 Å². The fourth-order valence-electron chi connectivity index (χ4n) is 5.00. The highest BCUT2D eigenvalue weighted by atomic mass is 16.2. The lowest BCUT2D eigenvalue weighted by atomic mass is 9.81. The number of hydrogen-bond donors (Lipinski definition) is 1. The Morgan fingerprint density at radius 3 is 2.17 bits per heavy atom. The average molecular weight is 308 g/mol. The lowest BCUT2D eigenvalue weighted by Gasteiger charge is -2.43. The minimum atomic E-state index is 0.320. The molecule has 120 valence electrons. The number of para-hydroxylation sites is 3. The molecule has 3 heteroatoms. The number of aliphatic hydroxyl groups is 1. The molecule has 1 fully saturated rings. The maximum absolute atomic E-state index is 7.00. The van der Waals surface area contributed by atoms with Gasteiger partial charge >= 0.3 is 0 Å². The van der Waals surface area contributed by atoms with Crippen LogP contribution in [0.25, 0.3) is 0 Å². The summed E-state index contributed by atoms with van der Waals surface area (Å²) in [6.45, 7) is 4.91. The van der Waals surface area contributed by atoms with Crippen molar-refractivity contribution in [3.05, 3.63) is 54.1 Å². The molecule has 3 nitrogen and oxygen atoms in total. The molecule has 1 saturated carbocycles. The maximum atomic E-state index is 7.00. The van der Waals surface area contributed by atoms with Crippen LogP contribution in [0.15, 0.2) is 48.5 Å². The first-order chi connectivity index (χ1) is 11.1. The highest BCUT2D eigenvalue weighted by Gasteiger charge is 2.72. The Bertz CT molecular complexity index is 774. The number of aliphatic hydroxyl groups excluding tert-OH is 1. The maximum Gasteiger partial charge on any atom is 0.112 e. The van der Waals surface area contributed by atoms with Gasteiger partial charge in [0.05, 0.1) is 11.4 Å². The molecule has 23 heavy (non-hydrogen) atoms. The van der Waals surface area contributed by atoms with Gasteiger partial charge in [0.1, 0.15) is 6.17 Å². The van der Waals surface area contributed by atoms with Gasteiger partial charge in [-0.15, -0.1) is 0 Å². The molecule has 2 aromatic carbocycles. The van der Waals surface area contributed by atoms with Crippen LogP contribution in [-0.4, -0.2) is 25.4 Å². The highest BCUT2D eigenvalue weighted by Crippen LogP contribution is 2.74. The Balaban J connectivity index is 0.000000652. The number of nitrogens with zero attached hydrogens (tertiary/aromatic N) is 2. The summed E-state index contributed by atoms with van der Waals surface area (Å²) in [6, 6.07) is 17.8. The van der Waals surface area contributed by atoms with Crippen LogP contribution < -0.4 is 9.80 Å². The summed E-state index contributed by atoms with van der Waals surface area (Å²) in [5.74, 6) is 0. The Morgan fingerprint density at radius 1 is 0.913 bits per heavy atom. The summed E-state index contributed by atoms with van der Waals surface area (Å²) in [4.78, 5) is 5.05. The lowest BCUT2D eigenvalue weighted by molar-refractivity contribution is 0.365. The van der Waals surface area contributed by atoms with Crippen LogP contribution in [-0.2, 0) is 5.41 Å². The number of fused-ring (bicyclic) bond motifs is 8. The summed E-state index contributed by atoms with van der Waals surface area (Å²) in [5, 5.41) is 7.00. The monoisotopic (exact) mass is 308 g/mol. The van der Waals surface area contributed by atoms with Gasteiger partial charge in [-0.25, -0.2) is 0 Å². The van der Waals surface area contributed by atoms with Crippen molar-refractivity contribution in [1.82, 2.24) is 0 Å². The first-order valence-electron chi connectivity index (χ1n) is 8.23. The summed E-state index contributed by atoms with van der Waals surface area (Å²) in [6.07, 6.45) is 1.71. The molecule has 2 heterocycles. The van der Waals surface area contributed by atoms with Gasteiger partial charge < -0.3 is 14.9 Å². The summed E-state index contributed by atoms with van der Waals surface area (Å²) < 4.78 is 0. The highest BCUT2D eigenvalue weighted by molar-refractivity contribution is 5.87. The van der Waals surface area contributed by atoms with Crippen molar-refractivity contribution in [2.24, 2.45) is 5.41 Å². The average Bonchev–Trinajstić information content (AvgIpc) is 3.05. The van der Waals surface area contributed by atoms with Crippen LogP contribution in [0.4, 0.5) is 17.1 Å². The fraction of sp³-hybridized carbons (Fsp3) is 0.400. The minimum Gasteiger partial charge on any atom is -0.400 e. The van der Waals surface area contributed by atoms with E-state index in [0.717, 1.165) is 7.11 Å². The lowest BCUT2D eigenvalue weighted by Crippen LogP contribution is -2.50. The van der Waals surface area contributed by atoms with E-state index in [0.29, 0.717) is 17.0 Å². The first kappa shape index (κ1) is 14.6. The van der Waals surface area contributed by atoms with Crippen LogP contribution in [0.5, 0.6) is 0 Å². The fourth-order valence-corrected chi connectivity index (χ4v) is 5.00. The van der Waals surface area contributed by atoms with Gasteiger partial charge in [-0.1, -0.05) is 44.2 Å². The molecular formula is C20H24N2O. The van der Waals surface area contributed by atoms with Gasteiger partial charge in [-0.05, 0) is 30.2 Å². The standard InChI is InChI=1S/C19H20N2.CH4O/c1-18-12-19(18,2)17-20(3)15-10-6-7-11-16(15)21(17)14-9-5-4-8-13(14)18;1-2/h4-11,17H,12H2,1-3H3;2H,1H3/t17?,18?,19-;/m0./s1. The molecule has 1 aliphatic carbocycles. The predicted molar refractivity (Wildman–Crippen MR) is 95.4 cm³/mol. The van der Waals surface area contributed by atoms with Crippen LogP contribution >= 0.6 is 0 Å². The topological polar surface area (TPSA) is 26.7 Å². The molecule has 1 N–H and O–H groups in total. The van der Waals surface area contributed by atoms with Gasteiger partial charge in [0.25, 0.3) is 0 Å². The van der Waals surface area contributed by atoms with Crippen LogP contribution in [0.2, 0.25) is 0 Å². The summed E-state index contributed by atoms with van der Waals surface area (Å²) in [7, 11) is 3.25. The molecule has 0 spiro atoms. The van der Waals surface area contributed by atoms with Crippen molar-refractivity contribution in [1.29, 1.82) is 0 Å². The van der Waals surface area contributed by atoms with Crippen molar-refractivity contribution in [3.63, 3.8) is 0 Å². The number of rotatable bonds is 0. The van der Waals surface area contributed by atoms with Gasteiger partial charge in [-0.3, -0.25) is 0 Å². The number of hydrogen-bond acceptors (Lipinski definition) is 3. The number of anilines is 3. The molecule has 0 radical (unpaired) electrons. The van der Waals surface area contributed by atoms with E-state index in [4.69, 9.17) is 5.11 Å². The zero-order chi connectivity index (χ0) is 16.4. The van der Waals surface area contributed by atoms with Crippen molar-refractivity contribution in [3.8, 4) is 0 Å². The molecule has 3 aliphatic rings. The SMILES string of the molecule is CN1c2ccccc2N2c3ccccc3C3(C)C[C@@]3(C)C12.CO. The molecule has 0 saturated heterocycles. The van der Waals surface area contributed by atoms with E-state index in [1.807, 2.05) is 0 Å². The minimum absolute atomic E-state index is 0.320. The second kappa shape index (κ2) is 4.51. The Morgan fingerprint density at radius 2 is 1.48 bits per heavy atom. The smallest absolute Gasteiger partial charge is 0.112 e. The Hall–Kier alpha value is -2.00. The molecule has 5 rings (SSSR count). The van der Waals surface area contributed by atoms with Crippen LogP contribution in [0.1, 0.15) is 25.8 Å².